The van der Waals surface area contributed by atoms with Crippen molar-refractivity contribution in [3.05, 3.63) is 33.4 Å². The Morgan fingerprint density at radius 2 is 2.00 bits per heavy atom. The third-order valence-electron chi connectivity index (χ3n) is 3.23. The molecule has 1 aliphatic rings. The van der Waals surface area contributed by atoms with Crippen molar-refractivity contribution in [2.75, 3.05) is 13.7 Å². The molecule has 1 heterocycles. The summed E-state index contributed by atoms with van der Waals surface area (Å²) < 4.78 is 6.20. The third kappa shape index (κ3) is 3.06. The van der Waals surface area contributed by atoms with Gasteiger partial charge in [-0.2, -0.15) is 0 Å². The van der Waals surface area contributed by atoms with Crippen molar-refractivity contribution in [1.82, 2.24) is 4.90 Å². The average Bonchev–Trinajstić information content (AvgIpc) is 2.83. The van der Waals surface area contributed by atoms with E-state index in [-0.39, 0.29) is 12.0 Å². The maximum absolute atomic E-state index is 12.3. The molecular formula is C13H14INO4. The van der Waals surface area contributed by atoms with Gasteiger partial charge in [-0.05, 0) is 46.9 Å². The Morgan fingerprint density at radius 1 is 1.37 bits per heavy atom. The van der Waals surface area contributed by atoms with Crippen LogP contribution in [0.25, 0.3) is 0 Å². The number of aliphatic carboxylic acids is 1. The van der Waals surface area contributed by atoms with E-state index < -0.39 is 12.0 Å². The van der Waals surface area contributed by atoms with Gasteiger partial charge in [-0.3, -0.25) is 4.79 Å². The van der Waals surface area contributed by atoms with Crippen LogP contribution in [-0.4, -0.2) is 47.7 Å². The molecule has 5 nitrogen and oxygen atoms in total. The molecule has 0 aliphatic carbocycles. The zero-order chi connectivity index (χ0) is 14.0. The minimum atomic E-state index is -0.988. The summed E-state index contributed by atoms with van der Waals surface area (Å²) in [6.07, 6.45) is 0.121. The van der Waals surface area contributed by atoms with E-state index in [0.717, 1.165) is 3.57 Å². The predicted molar refractivity (Wildman–Crippen MR) is 77.0 cm³/mol. The van der Waals surface area contributed by atoms with Crippen LogP contribution < -0.4 is 0 Å². The Hall–Kier alpha value is -1.15. The SMILES string of the molecule is COC1CC(C(=O)O)N(C(=O)c2ccc(I)cc2)C1. The molecule has 1 fully saturated rings. The summed E-state index contributed by atoms with van der Waals surface area (Å²) in [5.74, 6) is -1.25. The molecule has 0 saturated carbocycles. The molecule has 1 N–H and O–H groups in total. The van der Waals surface area contributed by atoms with Gasteiger partial charge in [-0.1, -0.05) is 0 Å². The van der Waals surface area contributed by atoms with Crippen LogP contribution in [0, 0.1) is 3.57 Å². The van der Waals surface area contributed by atoms with Crippen LogP contribution in [0.3, 0.4) is 0 Å². The van der Waals surface area contributed by atoms with E-state index in [0.29, 0.717) is 18.5 Å². The number of methoxy groups -OCH3 is 1. The topological polar surface area (TPSA) is 66.8 Å². The second-order valence-electron chi connectivity index (χ2n) is 4.41. The van der Waals surface area contributed by atoms with Gasteiger partial charge in [0.1, 0.15) is 6.04 Å². The van der Waals surface area contributed by atoms with Crippen LogP contribution in [0.15, 0.2) is 24.3 Å². The fourth-order valence-electron chi connectivity index (χ4n) is 2.19. The first-order valence-corrected chi connectivity index (χ1v) is 6.93. The van der Waals surface area contributed by atoms with Gasteiger partial charge in [0, 0.05) is 29.2 Å². The molecule has 2 atom stereocenters. The lowest BCUT2D eigenvalue weighted by Crippen LogP contribution is -2.40. The molecule has 1 aliphatic heterocycles. The van der Waals surface area contributed by atoms with Crippen LogP contribution >= 0.6 is 22.6 Å². The number of hydrogen-bond acceptors (Lipinski definition) is 3. The molecule has 0 aromatic heterocycles. The summed E-state index contributed by atoms with van der Waals surface area (Å²) >= 11 is 2.15. The molecule has 19 heavy (non-hydrogen) atoms. The Morgan fingerprint density at radius 3 is 2.53 bits per heavy atom. The monoisotopic (exact) mass is 375 g/mol. The number of carbonyl (C=O) groups is 2. The lowest BCUT2D eigenvalue weighted by atomic mass is 10.1. The van der Waals surface area contributed by atoms with Gasteiger partial charge >= 0.3 is 5.97 Å². The van der Waals surface area contributed by atoms with Gasteiger partial charge in [0.2, 0.25) is 0 Å². The van der Waals surface area contributed by atoms with Crippen LogP contribution in [0.5, 0.6) is 0 Å². The highest BCUT2D eigenvalue weighted by Crippen LogP contribution is 2.23. The van der Waals surface area contributed by atoms with E-state index >= 15 is 0 Å². The molecule has 1 aromatic carbocycles. The summed E-state index contributed by atoms with van der Waals surface area (Å²) in [6.45, 7) is 0.318. The first-order chi connectivity index (χ1) is 9.02. The van der Waals surface area contributed by atoms with E-state index in [1.807, 2.05) is 12.1 Å². The van der Waals surface area contributed by atoms with Gasteiger partial charge in [0.25, 0.3) is 5.91 Å². The first kappa shape index (κ1) is 14.3. The highest BCUT2D eigenvalue weighted by atomic mass is 127. The van der Waals surface area contributed by atoms with Crippen LogP contribution in [-0.2, 0) is 9.53 Å². The lowest BCUT2D eigenvalue weighted by molar-refractivity contribution is -0.141. The molecule has 1 saturated heterocycles. The summed E-state index contributed by atoms with van der Waals surface area (Å²) in [5, 5.41) is 9.19. The van der Waals surface area contributed by atoms with Gasteiger partial charge in [-0.25, -0.2) is 4.79 Å². The molecule has 0 radical (unpaired) electrons. The molecule has 2 unspecified atom stereocenters. The van der Waals surface area contributed by atoms with Crippen molar-refractivity contribution in [2.24, 2.45) is 0 Å². The molecule has 1 amide bonds. The lowest BCUT2D eigenvalue weighted by Gasteiger charge is -2.21. The number of nitrogens with zero attached hydrogens (tertiary/aromatic N) is 1. The number of likely N-dealkylation sites (tertiary alicyclic amines) is 1. The fraction of sp³-hybridized carbons (Fsp3) is 0.385. The number of benzene rings is 1. The van der Waals surface area contributed by atoms with Gasteiger partial charge < -0.3 is 14.7 Å². The number of carboxylic acid groups (broad SMARTS) is 1. The number of amides is 1. The molecule has 0 bridgehead atoms. The number of hydrogen-bond donors (Lipinski definition) is 1. The highest BCUT2D eigenvalue weighted by molar-refractivity contribution is 14.1. The molecule has 6 heteroatoms. The number of halogens is 1. The number of carboxylic acids is 1. The van der Waals surface area contributed by atoms with Gasteiger partial charge in [-0.15, -0.1) is 0 Å². The molecule has 2 rings (SSSR count). The summed E-state index contributed by atoms with van der Waals surface area (Å²) in [7, 11) is 1.53. The second kappa shape index (κ2) is 5.87. The molecule has 0 spiro atoms. The Balaban J connectivity index is 2.21. The maximum atomic E-state index is 12.3. The van der Waals surface area contributed by atoms with E-state index in [2.05, 4.69) is 22.6 Å². The molecule has 1 aromatic rings. The minimum Gasteiger partial charge on any atom is -0.480 e. The Bertz CT molecular complexity index is 488. The largest absolute Gasteiger partial charge is 0.480 e. The highest BCUT2D eigenvalue weighted by Gasteiger charge is 2.40. The van der Waals surface area contributed by atoms with E-state index in [1.54, 1.807) is 12.1 Å². The van der Waals surface area contributed by atoms with Crippen molar-refractivity contribution in [1.29, 1.82) is 0 Å². The van der Waals surface area contributed by atoms with Crippen molar-refractivity contribution < 1.29 is 19.4 Å². The number of rotatable bonds is 3. The van der Waals surface area contributed by atoms with Gasteiger partial charge in [0.05, 0.1) is 6.10 Å². The van der Waals surface area contributed by atoms with Crippen LogP contribution in [0.1, 0.15) is 16.8 Å². The normalized spacial score (nSPS) is 22.5. The van der Waals surface area contributed by atoms with E-state index in [1.165, 1.54) is 12.0 Å². The molecule has 102 valence electrons. The Kier molecular flexibility index (Phi) is 4.41. The van der Waals surface area contributed by atoms with E-state index in [9.17, 15) is 14.7 Å². The summed E-state index contributed by atoms with van der Waals surface area (Å²) in [6, 6.07) is 6.27. The smallest absolute Gasteiger partial charge is 0.326 e. The summed E-state index contributed by atoms with van der Waals surface area (Å²) in [4.78, 5) is 24.9. The minimum absolute atomic E-state index is 0.214. The fourth-order valence-corrected chi connectivity index (χ4v) is 2.54. The first-order valence-electron chi connectivity index (χ1n) is 5.85. The van der Waals surface area contributed by atoms with Crippen molar-refractivity contribution in [3.63, 3.8) is 0 Å². The quantitative estimate of drug-likeness (QED) is 0.816. The van der Waals surface area contributed by atoms with Crippen molar-refractivity contribution >= 4 is 34.5 Å². The Labute approximate surface area is 124 Å². The maximum Gasteiger partial charge on any atom is 0.326 e. The standard InChI is InChI=1S/C13H14INO4/c1-19-10-6-11(13(17)18)15(7-10)12(16)8-2-4-9(14)5-3-8/h2-5,10-11H,6-7H2,1H3,(H,17,18). The molecular weight excluding hydrogens is 361 g/mol. The third-order valence-corrected chi connectivity index (χ3v) is 3.95. The zero-order valence-corrected chi connectivity index (χ0v) is 12.5. The van der Waals surface area contributed by atoms with Crippen LogP contribution in [0.4, 0.5) is 0 Å². The van der Waals surface area contributed by atoms with Crippen molar-refractivity contribution in [2.45, 2.75) is 18.6 Å². The zero-order valence-electron chi connectivity index (χ0n) is 10.4. The second-order valence-corrected chi connectivity index (χ2v) is 5.66. The predicted octanol–water partition coefficient (Wildman–Crippen LogP) is 1.61. The summed E-state index contributed by atoms with van der Waals surface area (Å²) in [5.41, 5.74) is 0.503. The van der Waals surface area contributed by atoms with Crippen molar-refractivity contribution in [3.8, 4) is 0 Å². The number of carbonyl (C=O) groups excluding carboxylic acids is 1. The van der Waals surface area contributed by atoms with Gasteiger partial charge in [0.15, 0.2) is 0 Å². The van der Waals surface area contributed by atoms with E-state index in [4.69, 9.17) is 4.74 Å². The van der Waals surface area contributed by atoms with Crippen LogP contribution in [0.2, 0.25) is 0 Å². The number of ether oxygens (including phenoxy) is 1. The average molecular weight is 375 g/mol.